The van der Waals surface area contributed by atoms with Gasteiger partial charge in [0.15, 0.2) is 0 Å². The summed E-state index contributed by atoms with van der Waals surface area (Å²) in [5, 5.41) is 3.69. The van der Waals surface area contributed by atoms with Crippen molar-refractivity contribution in [1.29, 1.82) is 0 Å². The van der Waals surface area contributed by atoms with Gasteiger partial charge >= 0.3 is 0 Å². The Morgan fingerprint density at radius 2 is 1.93 bits per heavy atom. The first-order valence-electron chi connectivity index (χ1n) is 6.48. The summed E-state index contributed by atoms with van der Waals surface area (Å²) in [7, 11) is 1.79. The average molecular weight is 213 g/mol. The van der Waals surface area contributed by atoms with Crippen molar-refractivity contribution in [3.8, 4) is 0 Å². The van der Waals surface area contributed by atoms with Crippen LogP contribution in [0, 0.1) is 5.41 Å². The lowest BCUT2D eigenvalue weighted by Gasteiger charge is -2.32. The summed E-state index contributed by atoms with van der Waals surface area (Å²) in [6, 6.07) is 0.838. The molecule has 0 aromatic carbocycles. The molecule has 15 heavy (non-hydrogen) atoms. The Morgan fingerprint density at radius 1 is 1.27 bits per heavy atom. The Bertz CT molecular complexity index is 162. The molecule has 0 aliphatic heterocycles. The predicted molar refractivity (Wildman–Crippen MR) is 65.1 cm³/mol. The van der Waals surface area contributed by atoms with Crippen LogP contribution in [0.4, 0.5) is 0 Å². The van der Waals surface area contributed by atoms with Crippen molar-refractivity contribution in [2.45, 2.75) is 58.4 Å². The first-order valence-corrected chi connectivity index (χ1v) is 6.48. The lowest BCUT2D eigenvalue weighted by Crippen LogP contribution is -2.34. The molecule has 0 unspecified atom stereocenters. The lowest BCUT2D eigenvalue weighted by atomic mass is 9.78. The highest BCUT2D eigenvalue weighted by atomic mass is 16.5. The van der Waals surface area contributed by atoms with Gasteiger partial charge in [0, 0.05) is 26.3 Å². The Balaban J connectivity index is 2.28. The molecule has 1 aliphatic carbocycles. The van der Waals surface area contributed by atoms with Gasteiger partial charge in [-0.1, -0.05) is 13.8 Å². The fourth-order valence-electron chi connectivity index (χ4n) is 2.18. The molecule has 0 bridgehead atoms. The monoisotopic (exact) mass is 213 g/mol. The third kappa shape index (κ3) is 4.52. The molecule has 0 aromatic heterocycles. The molecule has 1 aliphatic rings. The van der Waals surface area contributed by atoms with E-state index < -0.39 is 0 Å². The van der Waals surface area contributed by atoms with Gasteiger partial charge < -0.3 is 10.1 Å². The van der Waals surface area contributed by atoms with Crippen LogP contribution in [-0.4, -0.2) is 26.3 Å². The van der Waals surface area contributed by atoms with E-state index in [-0.39, 0.29) is 0 Å². The molecule has 0 spiro atoms. The van der Waals surface area contributed by atoms with Gasteiger partial charge in [-0.2, -0.15) is 0 Å². The van der Waals surface area contributed by atoms with E-state index in [4.69, 9.17) is 4.74 Å². The van der Waals surface area contributed by atoms with Crippen LogP contribution in [-0.2, 0) is 4.74 Å². The number of methoxy groups -OCH3 is 1. The van der Waals surface area contributed by atoms with Crippen molar-refractivity contribution in [2.24, 2.45) is 5.41 Å². The number of ether oxygens (including phenoxy) is 1. The van der Waals surface area contributed by atoms with Crippen molar-refractivity contribution < 1.29 is 4.74 Å². The molecule has 0 atom stereocenters. The van der Waals surface area contributed by atoms with Crippen LogP contribution >= 0.6 is 0 Å². The van der Waals surface area contributed by atoms with Crippen LogP contribution in [0.25, 0.3) is 0 Å². The van der Waals surface area contributed by atoms with Crippen molar-refractivity contribution in [1.82, 2.24) is 5.32 Å². The van der Waals surface area contributed by atoms with E-state index in [0.717, 1.165) is 12.6 Å². The highest BCUT2D eigenvalue weighted by Gasteiger charge is 2.29. The van der Waals surface area contributed by atoms with Crippen molar-refractivity contribution in [3.63, 3.8) is 0 Å². The van der Waals surface area contributed by atoms with Crippen LogP contribution in [0.2, 0.25) is 0 Å². The average Bonchev–Trinajstić information content (AvgIpc) is 3.08. The van der Waals surface area contributed by atoms with E-state index >= 15 is 0 Å². The van der Waals surface area contributed by atoms with Crippen LogP contribution in [0.1, 0.15) is 52.4 Å². The molecule has 0 saturated heterocycles. The second kappa shape index (κ2) is 6.49. The molecule has 2 nitrogen and oxygen atoms in total. The molecular formula is C13H27NO. The number of rotatable bonds is 9. The Morgan fingerprint density at radius 3 is 2.40 bits per heavy atom. The molecule has 0 amide bonds. The second-order valence-electron chi connectivity index (χ2n) is 4.96. The van der Waals surface area contributed by atoms with Crippen molar-refractivity contribution in [3.05, 3.63) is 0 Å². The molecular weight excluding hydrogens is 186 g/mol. The summed E-state index contributed by atoms with van der Waals surface area (Å²) in [6.07, 6.45) is 7.85. The summed E-state index contributed by atoms with van der Waals surface area (Å²) in [5.41, 5.74) is 0.515. The van der Waals surface area contributed by atoms with E-state index in [1.165, 1.54) is 45.1 Å². The molecule has 90 valence electrons. The maximum absolute atomic E-state index is 5.14. The Hall–Kier alpha value is -0.0800. The van der Waals surface area contributed by atoms with E-state index in [0.29, 0.717) is 5.41 Å². The summed E-state index contributed by atoms with van der Waals surface area (Å²) in [5.74, 6) is 0. The van der Waals surface area contributed by atoms with Gasteiger partial charge in [-0.3, -0.25) is 0 Å². The van der Waals surface area contributed by atoms with Gasteiger partial charge in [0.05, 0.1) is 0 Å². The molecule has 1 fully saturated rings. The first-order chi connectivity index (χ1) is 7.26. The predicted octanol–water partition coefficient (Wildman–Crippen LogP) is 2.97. The smallest absolute Gasteiger partial charge is 0.0462 e. The zero-order valence-corrected chi connectivity index (χ0v) is 10.6. The minimum absolute atomic E-state index is 0.515. The maximum atomic E-state index is 5.14. The normalized spacial score (nSPS) is 17.0. The second-order valence-corrected chi connectivity index (χ2v) is 4.96. The zero-order valence-electron chi connectivity index (χ0n) is 10.6. The summed E-state index contributed by atoms with van der Waals surface area (Å²) in [6.45, 7) is 6.76. The van der Waals surface area contributed by atoms with Gasteiger partial charge in [0.1, 0.15) is 0 Å². The largest absolute Gasteiger partial charge is 0.385 e. The zero-order chi connectivity index (χ0) is 11.1. The maximum Gasteiger partial charge on any atom is 0.0462 e. The molecule has 1 rings (SSSR count). The van der Waals surface area contributed by atoms with Gasteiger partial charge in [-0.05, 0) is 43.9 Å². The third-order valence-electron chi connectivity index (χ3n) is 3.90. The van der Waals surface area contributed by atoms with Crippen LogP contribution < -0.4 is 5.32 Å². The number of nitrogens with one attached hydrogen (secondary N) is 1. The van der Waals surface area contributed by atoms with E-state index in [1.807, 2.05) is 0 Å². The first kappa shape index (κ1) is 13.0. The minimum atomic E-state index is 0.515. The van der Waals surface area contributed by atoms with Crippen LogP contribution in [0.5, 0.6) is 0 Å². The molecule has 0 heterocycles. The summed E-state index contributed by atoms with van der Waals surface area (Å²) < 4.78 is 5.14. The van der Waals surface area contributed by atoms with E-state index in [9.17, 15) is 0 Å². The standard InChI is InChI=1S/C13H27NO/c1-4-13(5-2,9-6-10-15-3)11-14-12-7-8-12/h12,14H,4-11H2,1-3H3. The van der Waals surface area contributed by atoms with Crippen molar-refractivity contribution in [2.75, 3.05) is 20.3 Å². The molecule has 2 heteroatoms. The lowest BCUT2D eigenvalue weighted by molar-refractivity contribution is 0.156. The fourth-order valence-corrected chi connectivity index (χ4v) is 2.18. The van der Waals surface area contributed by atoms with Gasteiger partial charge in [0.25, 0.3) is 0 Å². The summed E-state index contributed by atoms with van der Waals surface area (Å²) in [4.78, 5) is 0. The molecule has 1 saturated carbocycles. The van der Waals surface area contributed by atoms with Gasteiger partial charge in [0.2, 0.25) is 0 Å². The molecule has 0 radical (unpaired) electrons. The Kier molecular flexibility index (Phi) is 5.62. The highest BCUT2D eigenvalue weighted by molar-refractivity contribution is 4.86. The summed E-state index contributed by atoms with van der Waals surface area (Å²) >= 11 is 0. The van der Waals surface area contributed by atoms with Crippen LogP contribution in [0.3, 0.4) is 0 Å². The van der Waals surface area contributed by atoms with Crippen molar-refractivity contribution >= 4 is 0 Å². The van der Waals surface area contributed by atoms with E-state index in [2.05, 4.69) is 19.2 Å². The van der Waals surface area contributed by atoms with Gasteiger partial charge in [-0.15, -0.1) is 0 Å². The molecule has 0 aromatic rings. The van der Waals surface area contributed by atoms with Crippen LogP contribution in [0.15, 0.2) is 0 Å². The topological polar surface area (TPSA) is 21.3 Å². The quantitative estimate of drug-likeness (QED) is 0.595. The number of hydrogen-bond acceptors (Lipinski definition) is 2. The van der Waals surface area contributed by atoms with Gasteiger partial charge in [-0.25, -0.2) is 0 Å². The molecule has 1 N–H and O–H groups in total. The third-order valence-corrected chi connectivity index (χ3v) is 3.90. The SMILES string of the molecule is CCC(CC)(CCCOC)CNC1CC1. The Labute approximate surface area is 94.8 Å². The number of hydrogen-bond donors (Lipinski definition) is 1. The highest BCUT2D eigenvalue weighted by Crippen LogP contribution is 2.32. The van der Waals surface area contributed by atoms with E-state index in [1.54, 1.807) is 7.11 Å². The minimum Gasteiger partial charge on any atom is -0.385 e. The fraction of sp³-hybridized carbons (Fsp3) is 1.00.